The lowest BCUT2D eigenvalue weighted by atomic mass is 10.0. The van der Waals surface area contributed by atoms with Gasteiger partial charge in [0.25, 0.3) is 0 Å². The molecule has 0 heterocycles. The molecular formula is C25H49NO5. The van der Waals surface area contributed by atoms with Crippen LogP contribution < -0.4 is 0 Å². The molecule has 0 amide bonds. The van der Waals surface area contributed by atoms with Gasteiger partial charge in [-0.05, 0) is 45.2 Å². The second-order valence-electron chi connectivity index (χ2n) is 8.48. The zero-order valence-corrected chi connectivity index (χ0v) is 20.5. The van der Waals surface area contributed by atoms with Crippen molar-refractivity contribution in [2.75, 3.05) is 26.2 Å². The predicted octanol–water partition coefficient (Wildman–Crippen LogP) is 6.81. The number of hydrogen-bond donors (Lipinski definition) is 1. The molecule has 0 fully saturated rings. The van der Waals surface area contributed by atoms with E-state index in [4.69, 9.17) is 14.6 Å². The van der Waals surface area contributed by atoms with E-state index in [1.807, 2.05) is 0 Å². The number of carboxylic acids is 1. The molecule has 0 spiro atoms. The van der Waals surface area contributed by atoms with E-state index in [-0.39, 0.29) is 12.5 Å². The minimum atomic E-state index is -0.809. The lowest BCUT2D eigenvalue weighted by Gasteiger charge is -2.19. The maximum atomic E-state index is 12.0. The minimum Gasteiger partial charge on any atom is -0.481 e. The first-order valence-corrected chi connectivity index (χ1v) is 12.8. The van der Waals surface area contributed by atoms with Gasteiger partial charge in [0, 0.05) is 13.0 Å². The van der Waals surface area contributed by atoms with E-state index in [0.717, 1.165) is 45.3 Å². The molecule has 0 saturated carbocycles. The average molecular weight is 444 g/mol. The molecule has 0 aromatic rings. The van der Waals surface area contributed by atoms with Crippen LogP contribution in [0.25, 0.3) is 0 Å². The van der Waals surface area contributed by atoms with Gasteiger partial charge < -0.3 is 19.5 Å². The largest absolute Gasteiger partial charge is 0.508 e. The summed E-state index contributed by atoms with van der Waals surface area (Å²) in [4.78, 5) is 25.1. The number of rotatable bonds is 22. The lowest BCUT2D eigenvalue weighted by Crippen LogP contribution is -2.25. The maximum absolute atomic E-state index is 12.0. The summed E-state index contributed by atoms with van der Waals surface area (Å²) in [5.74, 6) is -0.809. The Morgan fingerprint density at radius 2 is 1.32 bits per heavy atom. The highest BCUT2D eigenvalue weighted by atomic mass is 16.7. The second kappa shape index (κ2) is 21.9. The van der Waals surface area contributed by atoms with Gasteiger partial charge in [-0.3, -0.25) is 4.79 Å². The molecule has 31 heavy (non-hydrogen) atoms. The topological polar surface area (TPSA) is 76.1 Å². The molecule has 6 nitrogen and oxygen atoms in total. The Hall–Kier alpha value is -1.30. The molecule has 1 atom stereocenters. The summed E-state index contributed by atoms with van der Waals surface area (Å²) >= 11 is 0. The van der Waals surface area contributed by atoms with E-state index in [9.17, 15) is 9.59 Å². The first kappa shape index (κ1) is 29.7. The smallest absolute Gasteiger partial charge is 0.481 e. The Morgan fingerprint density at radius 3 is 1.87 bits per heavy atom. The molecule has 0 aliphatic carbocycles. The molecule has 184 valence electrons. The number of hydrogen-bond acceptors (Lipinski definition) is 5. The van der Waals surface area contributed by atoms with Crippen LogP contribution in [0.4, 0.5) is 4.79 Å². The highest BCUT2D eigenvalue weighted by Crippen LogP contribution is 2.16. The number of unbranched alkanes of at least 4 members (excludes halogenated alkanes) is 9. The molecule has 0 rings (SSSR count). The Morgan fingerprint density at radius 1 is 0.774 bits per heavy atom. The Kier molecular flexibility index (Phi) is 21.0. The van der Waals surface area contributed by atoms with Crippen LogP contribution in [-0.2, 0) is 14.3 Å². The average Bonchev–Trinajstić information content (AvgIpc) is 2.74. The van der Waals surface area contributed by atoms with Gasteiger partial charge in [0.1, 0.15) is 6.10 Å². The highest BCUT2D eigenvalue weighted by Gasteiger charge is 2.16. The van der Waals surface area contributed by atoms with Gasteiger partial charge in [-0.25, -0.2) is 4.79 Å². The number of carbonyl (C=O) groups excluding carboxylic acids is 1. The van der Waals surface area contributed by atoms with E-state index in [2.05, 4.69) is 25.7 Å². The van der Waals surface area contributed by atoms with Crippen LogP contribution in [0, 0.1) is 0 Å². The van der Waals surface area contributed by atoms with Crippen molar-refractivity contribution in [1.29, 1.82) is 0 Å². The van der Waals surface area contributed by atoms with Crippen molar-refractivity contribution in [1.82, 2.24) is 4.90 Å². The van der Waals surface area contributed by atoms with Crippen LogP contribution in [0.5, 0.6) is 0 Å². The van der Waals surface area contributed by atoms with E-state index in [1.165, 1.54) is 51.4 Å². The fourth-order valence-corrected chi connectivity index (χ4v) is 3.76. The molecule has 6 heteroatoms. The number of carboxylic acid groups (broad SMARTS) is 1. The van der Waals surface area contributed by atoms with Gasteiger partial charge in [0.15, 0.2) is 0 Å². The number of ether oxygens (including phenoxy) is 2. The molecule has 0 aliphatic rings. The van der Waals surface area contributed by atoms with Gasteiger partial charge in [-0.2, -0.15) is 0 Å². The van der Waals surface area contributed by atoms with Gasteiger partial charge in [-0.1, -0.05) is 78.6 Å². The predicted molar refractivity (Wildman–Crippen MR) is 127 cm³/mol. The third kappa shape index (κ3) is 20.4. The fourth-order valence-electron chi connectivity index (χ4n) is 3.76. The highest BCUT2D eigenvalue weighted by molar-refractivity contribution is 5.66. The summed E-state index contributed by atoms with van der Waals surface area (Å²) in [6.45, 7) is 9.72. The number of nitrogens with zero attached hydrogens (tertiary/aromatic N) is 1. The third-order valence-electron chi connectivity index (χ3n) is 5.79. The van der Waals surface area contributed by atoms with Gasteiger partial charge in [-0.15, -0.1) is 0 Å². The normalized spacial score (nSPS) is 12.1. The maximum Gasteiger partial charge on any atom is 0.508 e. The van der Waals surface area contributed by atoms with Crippen LogP contribution >= 0.6 is 0 Å². The van der Waals surface area contributed by atoms with Crippen molar-refractivity contribution >= 4 is 12.1 Å². The quantitative estimate of drug-likeness (QED) is 0.146. The van der Waals surface area contributed by atoms with Crippen LogP contribution in [-0.4, -0.2) is 54.5 Å². The van der Waals surface area contributed by atoms with Gasteiger partial charge in [0.2, 0.25) is 0 Å². The molecule has 0 unspecified atom stereocenters. The van der Waals surface area contributed by atoms with Crippen molar-refractivity contribution in [2.24, 2.45) is 0 Å². The second-order valence-corrected chi connectivity index (χ2v) is 8.48. The molecule has 0 radical (unpaired) electrons. The SMILES string of the molecule is CCCCCCCCCCCC[C@H](CCCC(=O)O)OC(=O)OCCCN(CC)CC. The summed E-state index contributed by atoms with van der Waals surface area (Å²) in [7, 11) is 0. The molecule has 0 aromatic heterocycles. The molecule has 0 aromatic carbocycles. The van der Waals surface area contributed by atoms with E-state index >= 15 is 0 Å². The molecule has 0 bridgehead atoms. The Bertz CT molecular complexity index is 426. The van der Waals surface area contributed by atoms with E-state index in [0.29, 0.717) is 19.4 Å². The molecule has 1 N–H and O–H groups in total. The van der Waals surface area contributed by atoms with Crippen LogP contribution in [0.3, 0.4) is 0 Å². The fraction of sp³-hybridized carbons (Fsp3) is 0.920. The summed E-state index contributed by atoms with van der Waals surface area (Å²) in [5, 5.41) is 8.87. The monoisotopic (exact) mass is 443 g/mol. The summed E-state index contributed by atoms with van der Waals surface area (Å²) in [5.41, 5.74) is 0. The third-order valence-corrected chi connectivity index (χ3v) is 5.79. The van der Waals surface area contributed by atoms with Gasteiger partial charge in [0.05, 0.1) is 6.61 Å². The first-order chi connectivity index (χ1) is 15.0. The van der Waals surface area contributed by atoms with Crippen molar-refractivity contribution in [2.45, 2.75) is 123 Å². The number of carbonyl (C=O) groups is 2. The van der Waals surface area contributed by atoms with E-state index in [1.54, 1.807) is 0 Å². The standard InChI is InChI=1S/C25H49NO5/c1-4-7-8-9-10-11-12-13-14-15-18-23(19-16-20-24(27)28)31-25(29)30-22-17-21-26(5-2)6-3/h23H,4-22H2,1-3H3,(H,27,28)/t23-/m1/s1. The Labute approximate surface area is 191 Å². The summed E-state index contributed by atoms with van der Waals surface area (Å²) < 4.78 is 10.7. The molecular weight excluding hydrogens is 394 g/mol. The van der Waals surface area contributed by atoms with E-state index < -0.39 is 12.1 Å². The lowest BCUT2D eigenvalue weighted by molar-refractivity contribution is -0.137. The Balaban J connectivity index is 4.02. The summed E-state index contributed by atoms with van der Waals surface area (Å²) in [6.07, 6.45) is 14.5. The number of aliphatic carboxylic acids is 1. The first-order valence-electron chi connectivity index (χ1n) is 12.8. The van der Waals surface area contributed by atoms with Crippen molar-refractivity contribution in [3.63, 3.8) is 0 Å². The van der Waals surface area contributed by atoms with Crippen LogP contribution in [0.15, 0.2) is 0 Å². The van der Waals surface area contributed by atoms with Gasteiger partial charge >= 0.3 is 12.1 Å². The van der Waals surface area contributed by atoms with Crippen molar-refractivity contribution in [3.8, 4) is 0 Å². The molecule has 0 saturated heterocycles. The van der Waals surface area contributed by atoms with Crippen molar-refractivity contribution in [3.05, 3.63) is 0 Å². The summed E-state index contributed by atoms with van der Waals surface area (Å²) in [6, 6.07) is 0. The van der Waals surface area contributed by atoms with Crippen molar-refractivity contribution < 1.29 is 24.2 Å². The van der Waals surface area contributed by atoms with Crippen LogP contribution in [0.2, 0.25) is 0 Å². The minimum absolute atomic E-state index is 0.108. The molecule has 0 aliphatic heterocycles. The van der Waals surface area contributed by atoms with Crippen LogP contribution in [0.1, 0.15) is 117 Å². The zero-order chi connectivity index (χ0) is 23.2. The zero-order valence-electron chi connectivity index (χ0n) is 20.5.